The molecule has 0 aliphatic carbocycles. The molecule has 0 aliphatic heterocycles. The van der Waals surface area contributed by atoms with Crippen molar-refractivity contribution < 1.29 is 4.74 Å². The van der Waals surface area contributed by atoms with Gasteiger partial charge in [-0.2, -0.15) is 0 Å². The zero-order valence-corrected chi connectivity index (χ0v) is 19.1. The van der Waals surface area contributed by atoms with Gasteiger partial charge in [0.05, 0.1) is 12.5 Å². The number of methoxy groups -OCH3 is 1. The third-order valence-corrected chi connectivity index (χ3v) is 6.49. The largest absolute Gasteiger partial charge is 0.497 e. The number of fused-ring (bicyclic) bond motifs is 1. The van der Waals surface area contributed by atoms with Gasteiger partial charge in [0.2, 0.25) is 0 Å². The highest BCUT2D eigenvalue weighted by atomic mass is 35.5. The summed E-state index contributed by atoms with van der Waals surface area (Å²) in [4.78, 5) is 14.6. The number of nitrogens with zero attached hydrogens (tertiary/aromatic N) is 4. The molecule has 8 heteroatoms. The lowest BCUT2D eigenvalue weighted by Crippen LogP contribution is -2.17. The number of aromatic nitrogens is 4. The lowest BCUT2D eigenvalue weighted by molar-refractivity contribution is 0.414. The van der Waals surface area contributed by atoms with Crippen molar-refractivity contribution in [1.82, 2.24) is 19.5 Å². The summed E-state index contributed by atoms with van der Waals surface area (Å²) in [6, 6.07) is 15.6. The molecule has 0 fully saturated rings. The van der Waals surface area contributed by atoms with Crippen LogP contribution in [0.15, 0.2) is 72.6 Å². The van der Waals surface area contributed by atoms with E-state index in [4.69, 9.17) is 16.3 Å². The number of thiophene rings is 1. The summed E-state index contributed by atoms with van der Waals surface area (Å²) in [6.07, 6.45) is 5.32. The number of aryl methyl sites for hydroxylation is 1. The Kier molecular flexibility index (Phi) is 5.51. The molecule has 5 aromatic rings. The first kappa shape index (κ1) is 20.5. The Bertz CT molecular complexity index is 1380. The van der Waals surface area contributed by atoms with Crippen LogP contribution in [-0.4, -0.2) is 26.6 Å². The average molecular weight is 462 g/mol. The Hall–Kier alpha value is -3.42. The SMILES string of the molecule is COc1cccc(C(Nc2ncnc3scc(-c4ccc(Cl)cc4)c23)c2nccn2C)c1. The first-order chi connectivity index (χ1) is 15.6. The Morgan fingerprint density at radius 3 is 2.69 bits per heavy atom. The van der Waals surface area contributed by atoms with E-state index in [-0.39, 0.29) is 6.04 Å². The fourth-order valence-electron chi connectivity index (χ4n) is 3.74. The first-order valence-electron chi connectivity index (χ1n) is 10.00. The first-order valence-corrected chi connectivity index (χ1v) is 11.3. The quantitative estimate of drug-likeness (QED) is 0.338. The summed E-state index contributed by atoms with van der Waals surface area (Å²) in [7, 11) is 3.65. The van der Waals surface area contributed by atoms with Crippen LogP contribution in [0.1, 0.15) is 17.4 Å². The molecule has 2 aromatic carbocycles. The van der Waals surface area contributed by atoms with E-state index in [1.54, 1.807) is 31.0 Å². The number of anilines is 1. The monoisotopic (exact) mass is 461 g/mol. The number of hydrogen-bond acceptors (Lipinski definition) is 6. The molecule has 0 saturated carbocycles. The Balaban J connectivity index is 1.64. The number of benzene rings is 2. The van der Waals surface area contributed by atoms with Gasteiger partial charge >= 0.3 is 0 Å². The van der Waals surface area contributed by atoms with Gasteiger partial charge in [-0.3, -0.25) is 0 Å². The van der Waals surface area contributed by atoms with E-state index in [9.17, 15) is 0 Å². The minimum atomic E-state index is -0.235. The average Bonchev–Trinajstić information content (AvgIpc) is 3.45. The van der Waals surface area contributed by atoms with Crippen LogP contribution in [0, 0.1) is 0 Å². The van der Waals surface area contributed by atoms with Crippen LogP contribution in [0.3, 0.4) is 0 Å². The fraction of sp³-hybridized carbons (Fsp3) is 0.125. The van der Waals surface area contributed by atoms with E-state index in [2.05, 4.69) is 31.7 Å². The summed E-state index contributed by atoms with van der Waals surface area (Å²) in [6.45, 7) is 0. The molecule has 32 heavy (non-hydrogen) atoms. The summed E-state index contributed by atoms with van der Waals surface area (Å²) in [5.74, 6) is 2.40. The highest BCUT2D eigenvalue weighted by Crippen LogP contribution is 2.38. The summed E-state index contributed by atoms with van der Waals surface area (Å²) >= 11 is 7.69. The smallest absolute Gasteiger partial charge is 0.139 e. The molecule has 0 saturated heterocycles. The van der Waals surface area contributed by atoms with Gasteiger partial charge in [-0.15, -0.1) is 11.3 Å². The maximum atomic E-state index is 6.10. The van der Waals surface area contributed by atoms with Gasteiger partial charge in [-0.05, 0) is 35.4 Å². The number of ether oxygens (including phenoxy) is 1. The minimum absolute atomic E-state index is 0.235. The number of rotatable bonds is 6. The van der Waals surface area contributed by atoms with E-state index < -0.39 is 0 Å². The van der Waals surface area contributed by atoms with Gasteiger partial charge in [0.25, 0.3) is 0 Å². The molecule has 6 nitrogen and oxygen atoms in total. The number of imidazole rings is 1. The van der Waals surface area contributed by atoms with Crippen molar-refractivity contribution in [2.24, 2.45) is 7.05 Å². The predicted octanol–water partition coefficient (Wildman–Crippen LogP) is 5.96. The van der Waals surface area contributed by atoms with Crippen LogP contribution < -0.4 is 10.1 Å². The van der Waals surface area contributed by atoms with E-state index in [1.165, 1.54) is 0 Å². The van der Waals surface area contributed by atoms with Gasteiger partial charge in [-0.1, -0.05) is 35.9 Å². The fourth-order valence-corrected chi connectivity index (χ4v) is 4.78. The van der Waals surface area contributed by atoms with Gasteiger partial charge in [-0.25, -0.2) is 15.0 Å². The molecular formula is C24H20ClN5OS. The molecule has 0 spiro atoms. The van der Waals surface area contributed by atoms with E-state index >= 15 is 0 Å². The van der Waals surface area contributed by atoms with Crippen molar-refractivity contribution in [2.75, 3.05) is 12.4 Å². The van der Waals surface area contributed by atoms with Crippen molar-refractivity contribution in [1.29, 1.82) is 0 Å². The molecule has 1 unspecified atom stereocenters. The summed E-state index contributed by atoms with van der Waals surface area (Å²) in [5.41, 5.74) is 3.15. The number of hydrogen-bond donors (Lipinski definition) is 1. The van der Waals surface area contributed by atoms with Gasteiger partial charge in [0, 0.05) is 35.4 Å². The molecule has 3 heterocycles. The van der Waals surface area contributed by atoms with Crippen molar-refractivity contribution in [3.63, 3.8) is 0 Å². The Morgan fingerprint density at radius 1 is 1.09 bits per heavy atom. The Labute approximate surface area is 194 Å². The maximum Gasteiger partial charge on any atom is 0.139 e. The predicted molar refractivity (Wildman–Crippen MR) is 130 cm³/mol. The van der Waals surface area contributed by atoms with E-state index in [0.29, 0.717) is 5.02 Å². The zero-order chi connectivity index (χ0) is 22.1. The van der Waals surface area contributed by atoms with Crippen LogP contribution in [0.5, 0.6) is 5.75 Å². The molecule has 0 radical (unpaired) electrons. The van der Waals surface area contributed by atoms with Crippen molar-refractivity contribution in [3.8, 4) is 16.9 Å². The summed E-state index contributed by atoms with van der Waals surface area (Å²) < 4.78 is 7.46. The van der Waals surface area contributed by atoms with Gasteiger partial charge < -0.3 is 14.6 Å². The third kappa shape index (κ3) is 3.81. The highest BCUT2D eigenvalue weighted by molar-refractivity contribution is 7.17. The van der Waals surface area contributed by atoms with Gasteiger partial charge in [0.1, 0.15) is 34.6 Å². The van der Waals surface area contributed by atoms with E-state index in [1.807, 2.05) is 60.3 Å². The Morgan fingerprint density at radius 2 is 1.94 bits per heavy atom. The zero-order valence-electron chi connectivity index (χ0n) is 17.5. The molecular weight excluding hydrogens is 442 g/mol. The third-order valence-electron chi connectivity index (χ3n) is 5.35. The van der Waals surface area contributed by atoms with Crippen LogP contribution in [0.2, 0.25) is 5.02 Å². The standard InChI is InChI=1S/C24H20ClN5OS/c1-30-11-10-26-23(30)21(16-4-3-5-18(12-16)31-2)29-22-20-19(13-32-24(20)28-14-27-22)15-6-8-17(25)9-7-15/h3-14,21H,1-2H3,(H,27,28,29). The van der Waals surface area contributed by atoms with Crippen molar-refractivity contribution in [2.45, 2.75) is 6.04 Å². The lowest BCUT2D eigenvalue weighted by atomic mass is 10.0. The molecule has 5 rings (SSSR count). The molecule has 3 aromatic heterocycles. The second-order valence-corrected chi connectivity index (χ2v) is 8.60. The van der Waals surface area contributed by atoms with Gasteiger partial charge in [0.15, 0.2) is 0 Å². The van der Waals surface area contributed by atoms with Crippen LogP contribution in [0.4, 0.5) is 5.82 Å². The number of nitrogens with one attached hydrogen (secondary N) is 1. The highest BCUT2D eigenvalue weighted by Gasteiger charge is 2.22. The summed E-state index contributed by atoms with van der Waals surface area (Å²) in [5, 5.41) is 7.42. The topological polar surface area (TPSA) is 64.9 Å². The second kappa shape index (κ2) is 8.61. The normalized spacial score (nSPS) is 12.1. The van der Waals surface area contributed by atoms with Crippen LogP contribution in [0.25, 0.3) is 21.3 Å². The molecule has 0 aliphatic rings. The molecule has 0 amide bonds. The number of halogens is 1. The second-order valence-electron chi connectivity index (χ2n) is 7.31. The van der Waals surface area contributed by atoms with Crippen molar-refractivity contribution >= 4 is 39.0 Å². The van der Waals surface area contributed by atoms with Crippen LogP contribution >= 0.6 is 22.9 Å². The molecule has 1 N–H and O–H groups in total. The van der Waals surface area contributed by atoms with Crippen LogP contribution in [-0.2, 0) is 7.05 Å². The molecule has 1 atom stereocenters. The minimum Gasteiger partial charge on any atom is -0.497 e. The molecule has 160 valence electrons. The maximum absolute atomic E-state index is 6.10. The van der Waals surface area contributed by atoms with E-state index in [0.717, 1.165) is 44.3 Å². The van der Waals surface area contributed by atoms with Crippen molar-refractivity contribution in [3.05, 3.63) is 89.0 Å². The lowest BCUT2D eigenvalue weighted by Gasteiger charge is -2.21. The molecule has 0 bridgehead atoms.